The first kappa shape index (κ1) is 21.3. The monoisotopic (exact) mass is 435 g/mol. The Balaban J connectivity index is 1.35. The number of rotatable bonds is 3. The Morgan fingerprint density at radius 1 is 1.26 bits per heavy atom. The van der Waals surface area contributed by atoms with E-state index in [1.807, 2.05) is 0 Å². The standard InChI is InChI=1S/C24H32F3N3O/c1-15-19-14-30(9-5-23(28)6-10-31-11-7-23)8-4-16(19)12-21-22(15)18-13-17(24(25,26)27)2-3-20(18)29-21/h2-3,13,15-16,19,29H,4-12,14,28H2,1H3/t15-,16-,19-/m1/s1. The van der Waals surface area contributed by atoms with Gasteiger partial charge < -0.3 is 20.4 Å². The minimum atomic E-state index is -4.32. The molecule has 1 aliphatic carbocycles. The summed E-state index contributed by atoms with van der Waals surface area (Å²) < 4.78 is 45.4. The highest BCUT2D eigenvalue weighted by Crippen LogP contribution is 2.47. The van der Waals surface area contributed by atoms with Crippen LogP contribution in [0.5, 0.6) is 0 Å². The minimum absolute atomic E-state index is 0.120. The second-order valence-corrected chi connectivity index (χ2v) is 10.0. The number of nitrogens with two attached hydrogens (primary N) is 1. The van der Waals surface area contributed by atoms with Gasteiger partial charge in [-0.25, -0.2) is 0 Å². The van der Waals surface area contributed by atoms with Crippen molar-refractivity contribution < 1.29 is 17.9 Å². The van der Waals surface area contributed by atoms with Crippen LogP contribution in [0.2, 0.25) is 0 Å². The Bertz CT molecular complexity index is 947. The molecular weight excluding hydrogens is 403 g/mol. The number of piperidine rings is 1. The van der Waals surface area contributed by atoms with E-state index in [1.54, 1.807) is 6.07 Å². The van der Waals surface area contributed by atoms with Gasteiger partial charge in [0, 0.05) is 41.9 Å². The summed E-state index contributed by atoms with van der Waals surface area (Å²) in [6.07, 6.45) is 0.579. The molecule has 3 heterocycles. The lowest BCUT2D eigenvalue weighted by atomic mass is 9.68. The molecule has 4 nitrogen and oxygen atoms in total. The predicted molar refractivity (Wildman–Crippen MR) is 115 cm³/mol. The number of halogens is 3. The highest BCUT2D eigenvalue weighted by Gasteiger charge is 2.41. The summed E-state index contributed by atoms with van der Waals surface area (Å²) in [6.45, 7) is 6.78. The molecule has 0 radical (unpaired) electrons. The predicted octanol–water partition coefficient (Wildman–Crippen LogP) is 4.68. The van der Waals surface area contributed by atoms with E-state index in [2.05, 4.69) is 16.8 Å². The highest BCUT2D eigenvalue weighted by atomic mass is 19.4. The molecule has 3 N–H and O–H groups in total. The summed E-state index contributed by atoms with van der Waals surface area (Å²) in [5.41, 5.74) is 8.97. The fraction of sp³-hybridized carbons (Fsp3) is 0.667. The van der Waals surface area contributed by atoms with Crippen LogP contribution in [0, 0.1) is 11.8 Å². The first-order chi connectivity index (χ1) is 14.7. The summed E-state index contributed by atoms with van der Waals surface area (Å²) in [7, 11) is 0. The maximum absolute atomic E-state index is 13.3. The Labute approximate surface area is 181 Å². The number of nitrogens with zero attached hydrogens (tertiary/aromatic N) is 1. The number of ether oxygens (including phenoxy) is 1. The Kier molecular flexibility index (Phi) is 5.34. The van der Waals surface area contributed by atoms with Crippen LogP contribution >= 0.6 is 0 Å². The van der Waals surface area contributed by atoms with Crippen molar-refractivity contribution in [1.82, 2.24) is 9.88 Å². The van der Waals surface area contributed by atoms with Crippen LogP contribution in [0.25, 0.3) is 10.9 Å². The van der Waals surface area contributed by atoms with Gasteiger partial charge in [0.1, 0.15) is 0 Å². The topological polar surface area (TPSA) is 54.3 Å². The van der Waals surface area contributed by atoms with Gasteiger partial charge in [-0.05, 0) is 86.7 Å². The van der Waals surface area contributed by atoms with Crippen molar-refractivity contribution in [2.75, 3.05) is 32.8 Å². The number of hydrogen-bond acceptors (Lipinski definition) is 3. The number of aromatic nitrogens is 1. The van der Waals surface area contributed by atoms with Crippen LogP contribution in [0.3, 0.4) is 0 Å². The zero-order valence-electron chi connectivity index (χ0n) is 18.1. The van der Waals surface area contributed by atoms with Gasteiger partial charge >= 0.3 is 6.18 Å². The normalized spacial score (nSPS) is 29.0. The van der Waals surface area contributed by atoms with Crippen molar-refractivity contribution in [2.24, 2.45) is 17.6 Å². The SMILES string of the molecule is C[C@H]1c2c([nH]c3ccc(C(F)(F)F)cc23)C[C@H]2CCN(CCC3(N)CCOCC3)C[C@@H]21. The average Bonchev–Trinajstić information content (AvgIpc) is 3.10. The maximum Gasteiger partial charge on any atom is 0.416 e. The van der Waals surface area contributed by atoms with Gasteiger partial charge in [0.2, 0.25) is 0 Å². The molecule has 0 amide bonds. The lowest BCUT2D eigenvalue weighted by Gasteiger charge is -2.45. The average molecular weight is 436 g/mol. The van der Waals surface area contributed by atoms with Gasteiger partial charge in [-0.2, -0.15) is 13.2 Å². The van der Waals surface area contributed by atoms with Crippen LogP contribution in [-0.4, -0.2) is 48.3 Å². The number of hydrogen-bond donors (Lipinski definition) is 2. The van der Waals surface area contributed by atoms with Gasteiger partial charge in [0.15, 0.2) is 0 Å². The summed E-state index contributed by atoms with van der Waals surface area (Å²) >= 11 is 0. The zero-order valence-corrected chi connectivity index (χ0v) is 18.1. The van der Waals surface area contributed by atoms with E-state index >= 15 is 0 Å². The van der Waals surface area contributed by atoms with Crippen molar-refractivity contribution in [3.63, 3.8) is 0 Å². The fourth-order valence-electron chi connectivity index (χ4n) is 6.13. The van der Waals surface area contributed by atoms with E-state index in [4.69, 9.17) is 10.5 Å². The summed E-state index contributed by atoms with van der Waals surface area (Å²) in [5.74, 6) is 1.30. The van der Waals surface area contributed by atoms with Gasteiger partial charge in [-0.3, -0.25) is 0 Å². The molecule has 170 valence electrons. The van der Waals surface area contributed by atoms with Crippen LogP contribution in [0.15, 0.2) is 18.2 Å². The molecule has 2 fully saturated rings. The van der Waals surface area contributed by atoms with E-state index in [-0.39, 0.29) is 11.5 Å². The van der Waals surface area contributed by atoms with Crippen LogP contribution in [-0.2, 0) is 17.3 Å². The number of alkyl halides is 3. The molecule has 7 heteroatoms. The van der Waals surface area contributed by atoms with Crippen molar-refractivity contribution in [3.8, 4) is 0 Å². The van der Waals surface area contributed by atoms with Gasteiger partial charge in [0.05, 0.1) is 5.56 Å². The zero-order chi connectivity index (χ0) is 21.8. The molecule has 3 aliphatic rings. The quantitative estimate of drug-likeness (QED) is 0.736. The second kappa shape index (κ2) is 7.78. The van der Waals surface area contributed by atoms with E-state index in [1.165, 1.54) is 12.1 Å². The number of aromatic amines is 1. The summed E-state index contributed by atoms with van der Waals surface area (Å²) in [5, 5.41) is 0.746. The molecule has 1 aromatic heterocycles. The third-order valence-electron chi connectivity index (χ3n) is 8.12. The van der Waals surface area contributed by atoms with Gasteiger partial charge in [-0.1, -0.05) is 6.92 Å². The highest BCUT2D eigenvalue weighted by molar-refractivity contribution is 5.86. The van der Waals surface area contributed by atoms with E-state index in [9.17, 15) is 13.2 Å². The Hall–Kier alpha value is -1.57. The molecule has 2 saturated heterocycles. The molecule has 31 heavy (non-hydrogen) atoms. The molecule has 2 aliphatic heterocycles. The summed E-state index contributed by atoms with van der Waals surface area (Å²) in [4.78, 5) is 5.96. The third kappa shape index (κ3) is 4.00. The number of fused-ring (bicyclic) bond motifs is 4. The largest absolute Gasteiger partial charge is 0.416 e. The van der Waals surface area contributed by atoms with E-state index in [0.717, 1.165) is 87.1 Å². The molecule has 3 atom stereocenters. The minimum Gasteiger partial charge on any atom is -0.381 e. The van der Waals surface area contributed by atoms with Gasteiger partial charge in [-0.15, -0.1) is 0 Å². The first-order valence-electron chi connectivity index (χ1n) is 11.5. The van der Waals surface area contributed by atoms with E-state index < -0.39 is 11.7 Å². The lowest BCUT2D eigenvalue weighted by molar-refractivity contribution is -0.137. The number of likely N-dealkylation sites (tertiary alicyclic amines) is 1. The molecule has 5 rings (SSSR count). The molecule has 1 aromatic carbocycles. The molecule has 0 bridgehead atoms. The molecule has 2 aromatic rings. The Morgan fingerprint density at radius 2 is 2.03 bits per heavy atom. The maximum atomic E-state index is 13.3. The van der Waals surface area contributed by atoms with Crippen LogP contribution in [0.1, 0.15) is 55.3 Å². The second-order valence-electron chi connectivity index (χ2n) is 10.0. The number of H-pyrrole nitrogens is 1. The van der Waals surface area contributed by atoms with E-state index in [0.29, 0.717) is 11.8 Å². The first-order valence-corrected chi connectivity index (χ1v) is 11.5. The number of benzene rings is 1. The van der Waals surface area contributed by atoms with Gasteiger partial charge in [0.25, 0.3) is 0 Å². The van der Waals surface area contributed by atoms with Crippen molar-refractivity contribution >= 4 is 10.9 Å². The summed E-state index contributed by atoms with van der Waals surface area (Å²) in [6, 6.07) is 4.11. The molecule has 0 unspecified atom stereocenters. The Morgan fingerprint density at radius 3 is 2.77 bits per heavy atom. The molecular formula is C24H32F3N3O. The number of nitrogens with one attached hydrogen (secondary N) is 1. The van der Waals surface area contributed by atoms with Crippen LogP contribution < -0.4 is 5.73 Å². The molecule has 0 spiro atoms. The van der Waals surface area contributed by atoms with Crippen LogP contribution in [0.4, 0.5) is 13.2 Å². The third-order valence-corrected chi connectivity index (χ3v) is 8.12. The smallest absolute Gasteiger partial charge is 0.381 e. The lowest BCUT2D eigenvalue weighted by Crippen LogP contribution is -2.50. The molecule has 0 saturated carbocycles. The van der Waals surface area contributed by atoms with Crippen molar-refractivity contribution in [1.29, 1.82) is 0 Å². The van der Waals surface area contributed by atoms with Crippen molar-refractivity contribution in [3.05, 3.63) is 35.0 Å². The van der Waals surface area contributed by atoms with Crippen molar-refractivity contribution in [2.45, 2.75) is 56.7 Å². The fourth-order valence-corrected chi connectivity index (χ4v) is 6.13.